The third-order valence-electron chi connectivity index (χ3n) is 6.16. The van der Waals surface area contributed by atoms with E-state index in [1.54, 1.807) is 25.3 Å². The van der Waals surface area contributed by atoms with Gasteiger partial charge < -0.3 is 26.0 Å². The fourth-order valence-electron chi connectivity index (χ4n) is 4.10. The average Bonchev–Trinajstić information content (AvgIpc) is 3.56. The lowest BCUT2D eigenvalue weighted by Gasteiger charge is -2.26. The maximum Gasteiger partial charge on any atom is 0.188 e. The Morgan fingerprint density at radius 2 is 2.05 bits per heavy atom. The number of hydrogen-bond donors (Lipinski definition) is 4. The van der Waals surface area contributed by atoms with Gasteiger partial charge in [0.05, 0.1) is 22.0 Å². The molecular weight excluding hydrogens is 545 g/mol. The molecule has 5 rings (SSSR count). The van der Waals surface area contributed by atoms with Crippen LogP contribution in [-0.4, -0.2) is 57.7 Å². The van der Waals surface area contributed by atoms with E-state index in [0.29, 0.717) is 28.1 Å². The maximum absolute atomic E-state index is 14.0. The number of nitrogens with zero attached hydrogens (tertiary/aromatic N) is 4. The summed E-state index contributed by atoms with van der Waals surface area (Å²) in [7, 11) is 0. The molecule has 8 nitrogen and oxygen atoms in total. The van der Waals surface area contributed by atoms with Crippen LogP contribution in [0.1, 0.15) is 29.3 Å². The zero-order valence-electron chi connectivity index (χ0n) is 20.9. The first-order valence-electron chi connectivity index (χ1n) is 12.4. The van der Waals surface area contributed by atoms with Crippen LogP contribution in [0.25, 0.3) is 10.6 Å². The number of piperazine rings is 1. The van der Waals surface area contributed by atoms with Crippen molar-refractivity contribution in [3.63, 3.8) is 0 Å². The topological polar surface area (TPSA) is 98.2 Å². The van der Waals surface area contributed by atoms with Crippen molar-refractivity contribution >= 4 is 50.9 Å². The minimum Gasteiger partial charge on any atom is -0.386 e. The molecule has 1 aliphatic rings. The zero-order valence-corrected chi connectivity index (χ0v) is 23.3. The van der Waals surface area contributed by atoms with Gasteiger partial charge >= 0.3 is 0 Å². The van der Waals surface area contributed by atoms with Gasteiger partial charge in [-0.1, -0.05) is 17.7 Å². The summed E-state index contributed by atoms with van der Waals surface area (Å²) >= 11 is 8.81. The summed E-state index contributed by atoms with van der Waals surface area (Å²) in [5.74, 6) is 0.275. The quantitative estimate of drug-likeness (QED) is 0.203. The van der Waals surface area contributed by atoms with Crippen LogP contribution in [0.2, 0.25) is 5.02 Å². The number of pyridine rings is 1. The van der Waals surface area contributed by atoms with E-state index in [4.69, 9.17) is 21.6 Å². The molecule has 0 spiro atoms. The van der Waals surface area contributed by atoms with Crippen LogP contribution in [0.4, 0.5) is 21.0 Å². The molecule has 1 unspecified atom stereocenters. The molecule has 38 heavy (non-hydrogen) atoms. The number of aliphatic hydroxyl groups is 1. The van der Waals surface area contributed by atoms with E-state index in [9.17, 15) is 9.50 Å². The Labute approximate surface area is 233 Å². The minimum atomic E-state index is -0.615. The number of halogens is 2. The van der Waals surface area contributed by atoms with E-state index in [1.165, 1.54) is 28.7 Å². The van der Waals surface area contributed by atoms with E-state index < -0.39 is 11.9 Å². The van der Waals surface area contributed by atoms with Crippen LogP contribution in [-0.2, 0) is 13.0 Å². The molecule has 1 atom stereocenters. The van der Waals surface area contributed by atoms with Crippen molar-refractivity contribution in [2.75, 3.05) is 43.4 Å². The van der Waals surface area contributed by atoms with E-state index in [0.717, 1.165) is 66.1 Å². The van der Waals surface area contributed by atoms with Crippen LogP contribution in [0, 0.1) is 5.82 Å². The highest BCUT2D eigenvalue weighted by molar-refractivity contribution is 7.17. The molecule has 4 N–H and O–H groups in total. The van der Waals surface area contributed by atoms with E-state index in [-0.39, 0.29) is 0 Å². The molecule has 0 aliphatic carbocycles. The Bertz CT molecular complexity index is 1360. The second kappa shape index (κ2) is 12.5. The van der Waals surface area contributed by atoms with Gasteiger partial charge in [-0.25, -0.2) is 19.3 Å². The van der Waals surface area contributed by atoms with E-state index in [2.05, 4.69) is 25.8 Å². The van der Waals surface area contributed by atoms with Gasteiger partial charge in [0.15, 0.2) is 5.13 Å². The minimum absolute atomic E-state index is 0.362. The largest absolute Gasteiger partial charge is 0.386 e. The van der Waals surface area contributed by atoms with Crippen molar-refractivity contribution in [3.05, 3.63) is 69.0 Å². The predicted octanol–water partition coefficient (Wildman–Crippen LogP) is 5.31. The van der Waals surface area contributed by atoms with Crippen molar-refractivity contribution in [1.82, 2.24) is 25.2 Å². The number of aromatic nitrogens is 3. The van der Waals surface area contributed by atoms with Gasteiger partial charge in [-0.2, -0.15) is 0 Å². The first-order valence-corrected chi connectivity index (χ1v) is 14.5. The van der Waals surface area contributed by atoms with Gasteiger partial charge in [0, 0.05) is 62.3 Å². The summed E-state index contributed by atoms with van der Waals surface area (Å²) < 4.78 is 14.0. The standard InChI is InChI=1S/C26H29ClFN7OS2/c1-16(36)25-32-21(6-9-35-10-7-29-8-11-35)24(38-25)22-15-37-26(33-22)34-23-5-2-17(14-31-23)13-30-20-4-3-18(27)12-19(20)28/h2-5,12,14-16,29-30,36H,6-11,13H2,1H3,(H,31,33,34). The monoisotopic (exact) mass is 573 g/mol. The molecule has 4 heterocycles. The zero-order chi connectivity index (χ0) is 26.5. The second-order valence-corrected chi connectivity index (χ2v) is 11.4. The number of rotatable bonds is 10. The van der Waals surface area contributed by atoms with Gasteiger partial charge in [0.2, 0.25) is 0 Å². The van der Waals surface area contributed by atoms with E-state index >= 15 is 0 Å². The number of hydrogen-bond acceptors (Lipinski definition) is 10. The molecule has 4 aromatic rings. The molecule has 12 heteroatoms. The van der Waals surface area contributed by atoms with E-state index in [1.807, 2.05) is 17.5 Å². The maximum atomic E-state index is 14.0. The Morgan fingerprint density at radius 3 is 2.79 bits per heavy atom. The summed E-state index contributed by atoms with van der Waals surface area (Å²) in [5, 5.41) is 23.6. The summed E-state index contributed by atoms with van der Waals surface area (Å²) in [6.07, 6.45) is 1.94. The van der Waals surface area contributed by atoms with Gasteiger partial charge in [0.25, 0.3) is 0 Å². The first kappa shape index (κ1) is 26.9. The molecule has 1 aliphatic heterocycles. The normalized spacial score (nSPS) is 14.9. The smallest absolute Gasteiger partial charge is 0.188 e. The van der Waals surface area contributed by atoms with Gasteiger partial charge in [-0.15, -0.1) is 22.7 Å². The Balaban J connectivity index is 1.22. The summed E-state index contributed by atoms with van der Waals surface area (Å²) in [4.78, 5) is 17.5. The van der Waals surface area contributed by atoms with Crippen molar-refractivity contribution in [2.45, 2.75) is 26.0 Å². The summed E-state index contributed by atoms with van der Waals surface area (Å²) in [5.41, 5.74) is 3.13. The fourth-order valence-corrected chi connectivity index (χ4v) is 6.05. The number of thiazole rings is 2. The third kappa shape index (κ3) is 6.85. The Hall–Kier alpha value is -2.67. The van der Waals surface area contributed by atoms with Crippen molar-refractivity contribution in [1.29, 1.82) is 0 Å². The summed E-state index contributed by atoms with van der Waals surface area (Å²) in [6.45, 7) is 7.20. The number of aliphatic hydroxyl groups excluding tert-OH is 1. The van der Waals surface area contributed by atoms with Crippen LogP contribution >= 0.6 is 34.3 Å². The molecule has 0 bridgehead atoms. The lowest BCUT2D eigenvalue weighted by Crippen LogP contribution is -2.44. The van der Waals surface area contributed by atoms with Crippen LogP contribution in [0.5, 0.6) is 0 Å². The highest BCUT2D eigenvalue weighted by Gasteiger charge is 2.20. The second-order valence-electron chi connectivity index (χ2n) is 9.04. The third-order valence-corrected chi connectivity index (χ3v) is 8.44. The molecular formula is C26H29ClFN7OS2. The Morgan fingerprint density at radius 1 is 1.21 bits per heavy atom. The number of benzene rings is 1. The average molecular weight is 574 g/mol. The summed E-state index contributed by atoms with van der Waals surface area (Å²) in [6, 6.07) is 8.34. The lowest BCUT2D eigenvalue weighted by atomic mass is 10.2. The molecule has 3 aromatic heterocycles. The molecule has 0 radical (unpaired) electrons. The van der Waals surface area contributed by atoms with Gasteiger partial charge in [0.1, 0.15) is 22.7 Å². The Kier molecular flexibility index (Phi) is 8.82. The molecule has 1 saturated heterocycles. The highest BCUT2D eigenvalue weighted by Crippen LogP contribution is 2.35. The van der Waals surface area contributed by atoms with Crippen molar-refractivity contribution in [3.8, 4) is 10.6 Å². The first-order chi connectivity index (χ1) is 18.4. The van der Waals surface area contributed by atoms with Crippen LogP contribution < -0.4 is 16.0 Å². The van der Waals surface area contributed by atoms with Gasteiger partial charge in [-0.3, -0.25) is 0 Å². The van der Waals surface area contributed by atoms with Crippen LogP contribution in [0.3, 0.4) is 0 Å². The molecule has 0 amide bonds. The number of anilines is 3. The molecule has 200 valence electrons. The van der Waals surface area contributed by atoms with Gasteiger partial charge in [-0.05, 0) is 36.8 Å². The molecule has 1 fully saturated rings. The molecule has 1 aromatic carbocycles. The SMILES string of the molecule is CC(O)c1nc(CCN2CCNCC2)c(-c2csc(Nc3ccc(CNc4ccc(Cl)cc4F)cn3)n2)s1. The van der Waals surface area contributed by atoms with Crippen molar-refractivity contribution in [2.24, 2.45) is 0 Å². The van der Waals surface area contributed by atoms with Crippen LogP contribution in [0.15, 0.2) is 41.9 Å². The lowest BCUT2D eigenvalue weighted by molar-refractivity contribution is 0.198. The van der Waals surface area contributed by atoms with Crippen molar-refractivity contribution < 1.29 is 9.50 Å². The molecule has 0 saturated carbocycles. The fraction of sp³-hybridized carbons (Fsp3) is 0.346. The number of nitrogens with one attached hydrogen (secondary N) is 3. The highest BCUT2D eigenvalue weighted by atomic mass is 35.5. The predicted molar refractivity (Wildman–Crippen MR) is 153 cm³/mol.